The Labute approximate surface area is 157 Å². The molecule has 6 nitrogen and oxygen atoms in total. The number of piperazine rings is 1. The number of nitrogens with zero attached hydrogens (tertiary/aromatic N) is 2. The third-order valence-corrected chi connectivity index (χ3v) is 5.04. The molecular weight excluding hydrogens is 348 g/mol. The molecule has 0 atom stereocenters. The summed E-state index contributed by atoms with van der Waals surface area (Å²) in [5, 5.41) is 9.92. The van der Waals surface area contributed by atoms with Crippen molar-refractivity contribution in [1.82, 2.24) is 9.80 Å². The number of rotatable bonds is 6. The van der Waals surface area contributed by atoms with Crippen molar-refractivity contribution in [2.24, 2.45) is 0 Å². The number of amides is 2. The van der Waals surface area contributed by atoms with Crippen LogP contribution in [0.5, 0.6) is 0 Å². The van der Waals surface area contributed by atoms with E-state index in [0.29, 0.717) is 6.54 Å². The van der Waals surface area contributed by atoms with E-state index in [0.717, 1.165) is 44.1 Å². The number of nitrogens with one attached hydrogen (secondary N) is 2. The number of anilines is 2. The second kappa shape index (κ2) is 8.93. The van der Waals surface area contributed by atoms with Crippen LogP contribution in [0.4, 0.5) is 11.4 Å². The predicted octanol–water partition coefficient (Wildman–Crippen LogP) is 2.46. The standard InChI is InChI=1S/C19H24N4O2S/c1-15(24)20-17-2-4-18(5-3-17)21-19(25)13-23-9-7-22(8-10-23)12-16-6-11-26-14-16/h2-6,11,14H,7-10,12-13H2,1H3,(H,20,24)(H,21,25). The van der Waals surface area contributed by atoms with Crippen molar-refractivity contribution in [3.8, 4) is 0 Å². The van der Waals surface area contributed by atoms with Crippen LogP contribution in [0.25, 0.3) is 0 Å². The third kappa shape index (κ3) is 5.66. The summed E-state index contributed by atoms with van der Waals surface area (Å²) >= 11 is 1.73. The number of carbonyl (C=O) groups excluding carboxylic acids is 2. The minimum absolute atomic E-state index is 0.0106. The summed E-state index contributed by atoms with van der Waals surface area (Å²) in [6, 6.07) is 9.31. The maximum atomic E-state index is 12.2. The summed E-state index contributed by atoms with van der Waals surface area (Å²) in [7, 11) is 0. The molecule has 0 radical (unpaired) electrons. The second-order valence-electron chi connectivity index (χ2n) is 6.49. The molecule has 2 heterocycles. The second-order valence-corrected chi connectivity index (χ2v) is 7.27. The molecule has 3 rings (SSSR count). The van der Waals surface area contributed by atoms with Crippen LogP contribution >= 0.6 is 11.3 Å². The summed E-state index contributed by atoms with van der Waals surface area (Å²) in [5.74, 6) is -0.122. The molecule has 0 aliphatic carbocycles. The van der Waals surface area contributed by atoms with Crippen LogP contribution < -0.4 is 10.6 Å². The largest absolute Gasteiger partial charge is 0.326 e. The van der Waals surface area contributed by atoms with Crippen LogP contribution in [0.3, 0.4) is 0 Å². The van der Waals surface area contributed by atoms with Crippen LogP contribution in [0.15, 0.2) is 41.1 Å². The Hall–Kier alpha value is -2.22. The zero-order valence-electron chi connectivity index (χ0n) is 14.9. The molecule has 2 amide bonds. The predicted molar refractivity (Wildman–Crippen MR) is 105 cm³/mol. The van der Waals surface area contributed by atoms with Gasteiger partial charge in [-0.2, -0.15) is 11.3 Å². The zero-order valence-corrected chi connectivity index (χ0v) is 15.7. The molecule has 138 valence electrons. The molecule has 26 heavy (non-hydrogen) atoms. The quantitative estimate of drug-likeness (QED) is 0.818. The van der Waals surface area contributed by atoms with E-state index in [1.54, 1.807) is 35.6 Å². The smallest absolute Gasteiger partial charge is 0.238 e. The maximum Gasteiger partial charge on any atom is 0.238 e. The Balaban J connectivity index is 1.40. The SMILES string of the molecule is CC(=O)Nc1ccc(NC(=O)CN2CCN(Cc3ccsc3)CC2)cc1. The van der Waals surface area contributed by atoms with Crippen molar-refractivity contribution in [1.29, 1.82) is 0 Å². The van der Waals surface area contributed by atoms with Gasteiger partial charge in [-0.05, 0) is 46.7 Å². The van der Waals surface area contributed by atoms with Crippen molar-refractivity contribution < 1.29 is 9.59 Å². The summed E-state index contributed by atoms with van der Waals surface area (Å²) in [6.45, 7) is 6.63. The summed E-state index contributed by atoms with van der Waals surface area (Å²) in [5.41, 5.74) is 2.82. The van der Waals surface area contributed by atoms with Gasteiger partial charge in [0.1, 0.15) is 0 Å². The van der Waals surface area contributed by atoms with Gasteiger partial charge >= 0.3 is 0 Å². The lowest BCUT2D eigenvalue weighted by Gasteiger charge is -2.34. The lowest BCUT2D eigenvalue weighted by Crippen LogP contribution is -2.48. The Kier molecular flexibility index (Phi) is 6.38. The number of carbonyl (C=O) groups is 2. The molecule has 1 aliphatic heterocycles. The molecule has 0 spiro atoms. The Morgan fingerprint density at radius 1 is 0.962 bits per heavy atom. The molecule has 2 aromatic rings. The summed E-state index contributed by atoms with van der Waals surface area (Å²) < 4.78 is 0. The van der Waals surface area contributed by atoms with E-state index in [-0.39, 0.29) is 11.8 Å². The highest BCUT2D eigenvalue weighted by Gasteiger charge is 2.19. The zero-order chi connectivity index (χ0) is 18.4. The first-order chi connectivity index (χ1) is 12.6. The topological polar surface area (TPSA) is 64.7 Å². The number of benzene rings is 1. The van der Waals surface area contributed by atoms with Crippen LogP contribution in [0, 0.1) is 0 Å². The fourth-order valence-corrected chi connectivity index (χ4v) is 3.65. The maximum absolute atomic E-state index is 12.2. The van der Waals surface area contributed by atoms with Gasteiger partial charge in [0.15, 0.2) is 0 Å². The highest BCUT2D eigenvalue weighted by Crippen LogP contribution is 2.14. The highest BCUT2D eigenvalue weighted by atomic mass is 32.1. The van der Waals surface area contributed by atoms with Gasteiger partial charge in [-0.15, -0.1) is 0 Å². The monoisotopic (exact) mass is 372 g/mol. The third-order valence-electron chi connectivity index (χ3n) is 4.31. The first-order valence-electron chi connectivity index (χ1n) is 8.72. The fraction of sp³-hybridized carbons (Fsp3) is 0.368. The number of hydrogen-bond donors (Lipinski definition) is 2. The molecule has 1 aliphatic rings. The lowest BCUT2D eigenvalue weighted by molar-refractivity contribution is -0.117. The molecule has 7 heteroatoms. The van der Waals surface area contributed by atoms with E-state index in [1.807, 2.05) is 0 Å². The van der Waals surface area contributed by atoms with Gasteiger partial charge in [-0.25, -0.2) is 0 Å². The van der Waals surface area contributed by atoms with Crippen molar-refractivity contribution in [2.75, 3.05) is 43.4 Å². The molecule has 1 fully saturated rings. The van der Waals surface area contributed by atoms with Crippen molar-refractivity contribution in [2.45, 2.75) is 13.5 Å². The summed E-state index contributed by atoms with van der Waals surface area (Å²) in [4.78, 5) is 27.9. The van der Waals surface area contributed by atoms with Crippen LogP contribution in [0.2, 0.25) is 0 Å². The van der Waals surface area contributed by atoms with Gasteiger partial charge < -0.3 is 10.6 Å². The summed E-state index contributed by atoms with van der Waals surface area (Å²) in [6.07, 6.45) is 0. The average Bonchev–Trinajstić information content (AvgIpc) is 3.11. The molecule has 1 aromatic carbocycles. The lowest BCUT2D eigenvalue weighted by atomic mass is 10.2. The van der Waals surface area contributed by atoms with Crippen LogP contribution in [-0.4, -0.2) is 54.3 Å². The van der Waals surface area contributed by atoms with Gasteiger partial charge in [-0.1, -0.05) is 0 Å². The number of thiophene rings is 1. The molecule has 1 saturated heterocycles. The van der Waals surface area contributed by atoms with Gasteiger partial charge in [-0.3, -0.25) is 19.4 Å². The molecule has 0 bridgehead atoms. The van der Waals surface area contributed by atoms with Crippen LogP contribution in [-0.2, 0) is 16.1 Å². The first-order valence-corrected chi connectivity index (χ1v) is 9.66. The van der Waals surface area contributed by atoms with Crippen LogP contribution in [0.1, 0.15) is 12.5 Å². The fourth-order valence-electron chi connectivity index (χ4n) is 2.99. The van der Waals surface area contributed by atoms with E-state index in [4.69, 9.17) is 0 Å². The molecule has 0 unspecified atom stereocenters. The van der Waals surface area contributed by atoms with E-state index >= 15 is 0 Å². The Morgan fingerprint density at radius 2 is 1.58 bits per heavy atom. The molecule has 1 aromatic heterocycles. The van der Waals surface area contributed by atoms with Crippen molar-refractivity contribution in [3.63, 3.8) is 0 Å². The molecular formula is C19H24N4O2S. The van der Waals surface area contributed by atoms with Gasteiger partial charge in [0.25, 0.3) is 0 Å². The average molecular weight is 372 g/mol. The van der Waals surface area contributed by atoms with Crippen molar-refractivity contribution >= 4 is 34.5 Å². The van der Waals surface area contributed by atoms with E-state index in [1.165, 1.54) is 12.5 Å². The first kappa shape index (κ1) is 18.6. The Bertz CT molecular complexity index is 723. The van der Waals surface area contributed by atoms with Gasteiger partial charge in [0.2, 0.25) is 11.8 Å². The van der Waals surface area contributed by atoms with Gasteiger partial charge in [0.05, 0.1) is 6.54 Å². The minimum atomic E-state index is -0.111. The van der Waals surface area contributed by atoms with E-state index in [2.05, 4.69) is 37.3 Å². The Morgan fingerprint density at radius 3 is 2.15 bits per heavy atom. The van der Waals surface area contributed by atoms with Crippen molar-refractivity contribution in [3.05, 3.63) is 46.7 Å². The normalized spacial score (nSPS) is 15.6. The highest BCUT2D eigenvalue weighted by molar-refractivity contribution is 7.07. The van der Waals surface area contributed by atoms with Gasteiger partial charge in [0, 0.05) is 51.0 Å². The number of hydrogen-bond acceptors (Lipinski definition) is 5. The molecule has 2 N–H and O–H groups in total. The van der Waals surface area contributed by atoms with E-state index < -0.39 is 0 Å². The minimum Gasteiger partial charge on any atom is -0.326 e. The molecule has 0 saturated carbocycles. The van der Waals surface area contributed by atoms with E-state index in [9.17, 15) is 9.59 Å².